The van der Waals surface area contributed by atoms with Gasteiger partial charge in [0.2, 0.25) is 0 Å². The molecule has 112 valence electrons. The summed E-state index contributed by atoms with van der Waals surface area (Å²) in [6.45, 7) is 1.96. The molecule has 0 aliphatic carbocycles. The van der Waals surface area contributed by atoms with Crippen LogP contribution >= 0.6 is 0 Å². The fourth-order valence-corrected chi connectivity index (χ4v) is 1.88. The van der Waals surface area contributed by atoms with E-state index in [4.69, 9.17) is 0 Å². The highest BCUT2D eigenvalue weighted by Crippen LogP contribution is 2.13. The zero-order valence-electron chi connectivity index (χ0n) is 12.0. The number of hydrazone groups is 1. The molecule has 2 rings (SSSR count). The first-order chi connectivity index (χ1) is 10.6. The second-order valence-electron chi connectivity index (χ2n) is 4.73. The molecule has 0 aromatic heterocycles. The van der Waals surface area contributed by atoms with Gasteiger partial charge in [-0.2, -0.15) is 5.10 Å². The number of carbonyl (C=O) groups excluding carboxylic acids is 1. The van der Waals surface area contributed by atoms with Crippen molar-refractivity contribution in [1.29, 1.82) is 0 Å². The minimum atomic E-state index is -0.544. The molecular formula is C16H15N3O3. The Kier molecular flexibility index (Phi) is 4.98. The van der Waals surface area contributed by atoms with Crippen molar-refractivity contribution in [2.24, 2.45) is 5.10 Å². The molecule has 0 radical (unpaired) electrons. The molecular weight excluding hydrogens is 282 g/mol. The summed E-state index contributed by atoms with van der Waals surface area (Å²) < 4.78 is 0. The van der Waals surface area contributed by atoms with Gasteiger partial charge in [-0.15, -0.1) is 0 Å². The summed E-state index contributed by atoms with van der Waals surface area (Å²) in [5.74, 6) is -0.438. The summed E-state index contributed by atoms with van der Waals surface area (Å²) in [7, 11) is 0. The van der Waals surface area contributed by atoms with Crippen molar-refractivity contribution in [1.82, 2.24) is 5.43 Å². The van der Waals surface area contributed by atoms with Gasteiger partial charge in [-0.25, -0.2) is 5.43 Å². The third kappa shape index (κ3) is 3.99. The van der Waals surface area contributed by atoms with Crippen LogP contribution in [-0.4, -0.2) is 17.0 Å². The summed E-state index contributed by atoms with van der Waals surface area (Å²) in [6.07, 6.45) is 1.62. The van der Waals surface area contributed by atoms with E-state index in [0.29, 0.717) is 0 Å². The first kappa shape index (κ1) is 15.4. The van der Waals surface area contributed by atoms with Crippen LogP contribution in [-0.2, 0) is 0 Å². The molecule has 0 saturated heterocycles. The Labute approximate surface area is 127 Å². The van der Waals surface area contributed by atoms with Crippen molar-refractivity contribution in [3.05, 3.63) is 75.8 Å². The molecule has 0 heterocycles. The Hall–Kier alpha value is -3.02. The minimum Gasteiger partial charge on any atom is -0.267 e. The van der Waals surface area contributed by atoms with E-state index in [2.05, 4.69) is 10.5 Å². The topological polar surface area (TPSA) is 84.6 Å². The van der Waals surface area contributed by atoms with Crippen LogP contribution in [0.3, 0.4) is 0 Å². The van der Waals surface area contributed by atoms with Crippen LogP contribution < -0.4 is 5.43 Å². The first-order valence-electron chi connectivity index (χ1n) is 6.71. The fraction of sp³-hybridized carbons (Fsp3) is 0.125. The van der Waals surface area contributed by atoms with Crippen LogP contribution in [0.2, 0.25) is 0 Å². The predicted octanol–water partition coefficient (Wildman–Crippen LogP) is 3.11. The largest absolute Gasteiger partial charge is 0.271 e. The quantitative estimate of drug-likeness (QED) is 0.522. The smallest absolute Gasteiger partial charge is 0.267 e. The zero-order chi connectivity index (χ0) is 15.9. The zero-order valence-corrected chi connectivity index (χ0v) is 12.0. The van der Waals surface area contributed by atoms with Gasteiger partial charge >= 0.3 is 0 Å². The number of non-ortho nitro benzene ring substituents is 1. The van der Waals surface area contributed by atoms with Crippen molar-refractivity contribution >= 4 is 17.8 Å². The summed E-state index contributed by atoms with van der Waals surface area (Å²) in [5.41, 5.74) is 3.52. The Morgan fingerprint density at radius 2 is 1.95 bits per heavy atom. The standard InChI is InChI=1S/C16H15N3O3/c1-12(13-6-3-2-4-7-13)11-17-18-16(20)14-8-5-9-15(10-14)19(21)22/h2-12H,1H3,(H,18,20)/b17-11-/t12-/m0/s1. The normalized spacial score (nSPS) is 12.0. The van der Waals surface area contributed by atoms with E-state index in [1.807, 2.05) is 37.3 Å². The van der Waals surface area contributed by atoms with Gasteiger partial charge in [-0.1, -0.05) is 43.3 Å². The van der Waals surface area contributed by atoms with Crippen LogP contribution in [0, 0.1) is 10.1 Å². The molecule has 22 heavy (non-hydrogen) atoms. The van der Waals surface area contributed by atoms with Crippen molar-refractivity contribution in [3.8, 4) is 0 Å². The highest BCUT2D eigenvalue weighted by molar-refractivity contribution is 5.95. The number of hydrogen-bond donors (Lipinski definition) is 1. The van der Waals surface area contributed by atoms with E-state index in [1.165, 1.54) is 24.3 Å². The Morgan fingerprint density at radius 3 is 2.64 bits per heavy atom. The lowest BCUT2D eigenvalue weighted by Gasteiger charge is -2.05. The van der Waals surface area contributed by atoms with Crippen LogP contribution in [0.5, 0.6) is 0 Å². The fourth-order valence-electron chi connectivity index (χ4n) is 1.88. The Bertz CT molecular complexity index is 699. The molecule has 0 bridgehead atoms. The van der Waals surface area contributed by atoms with Gasteiger partial charge in [-0.3, -0.25) is 14.9 Å². The average molecular weight is 297 g/mol. The number of nitro benzene ring substituents is 1. The lowest BCUT2D eigenvalue weighted by molar-refractivity contribution is -0.384. The van der Waals surface area contributed by atoms with Gasteiger partial charge in [0, 0.05) is 29.8 Å². The number of benzene rings is 2. The van der Waals surface area contributed by atoms with E-state index in [0.717, 1.165) is 5.56 Å². The van der Waals surface area contributed by atoms with Crippen molar-refractivity contribution in [2.45, 2.75) is 12.8 Å². The first-order valence-corrected chi connectivity index (χ1v) is 6.71. The average Bonchev–Trinajstić information content (AvgIpc) is 2.55. The second-order valence-corrected chi connectivity index (χ2v) is 4.73. The number of nitrogens with zero attached hydrogens (tertiary/aromatic N) is 2. The maximum Gasteiger partial charge on any atom is 0.271 e. The minimum absolute atomic E-state index is 0.0478. The van der Waals surface area contributed by atoms with Crippen LogP contribution in [0.25, 0.3) is 0 Å². The summed E-state index contributed by atoms with van der Waals surface area (Å²) >= 11 is 0. The number of nitrogens with one attached hydrogen (secondary N) is 1. The van der Waals surface area contributed by atoms with E-state index >= 15 is 0 Å². The van der Waals surface area contributed by atoms with Crippen LogP contribution in [0.4, 0.5) is 5.69 Å². The van der Waals surface area contributed by atoms with E-state index in [-0.39, 0.29) is 17.2 Å². The Morgan fingerprint density at radius 1 is 1.23 bits per heavy atom. The molecule has 2 aromatic carbocycles. The Balaban J connectivity index is 1.99. The van der Waals surface area contributed by atoms with Gasteiger partial charge < -0.3 is 0 Å². The van der Waals surface area contributed by atoms with Gasteiger partial charge in [0.1, 0.15) is 0 Å². The van der Waals surface area contributed by atoms with Crippen molar-refractivity contribution in [3.63, 3.8) is 0 Å². The molecule has 0 aliphatic rings. The van der Waals surface area contributed by atoms with E-state index in [1.54, 1.807) is 6.21 Å². The molecule has 0 spiro atoms. The van der Waals surface area contributed by atoms with Gasteiger partial charge in [-0.05, 0) is 11.6 Å². The molecule has 2 aromatic rings. The number of carbonyl (C=O) groups is 1. The van der Waals surface area contributed by atoms with E-state index in [9.17, 15) is 14.9 Å². The lowest BCUT2D eigenvalue weighted by atomic mass is 10.0. The summed E-state index contributed by atoms with van der Waals surface area (Å²) in [5, 5.41) is 14.6. The van der Waals surface area contributed by atoms with Crippen LogP contribution in [0.15, 0.2) is 59.7 Å². The highest BCUT2D eigenvalue weighted by Gasteiger charge is 2.10. The molecule has 1 N–H and O–H groups in total. The number of amides is 1. The number of rotatable bonds is 5. The molecule has 1 atom stereocenters. The summed E-state index contributed by atoms with van der Waals surface area (Å²) in [4.78, 5) is 22.0. The lowest BCUT2D eigenvalue weighted by Crippen LogP contribution is -2.18. The van der Waals surface area contributed by atoms with Gasteiger partial charge in [0.05, 0.1) is 4.92 Å². The van der Waals surface area contributed by atoms with E-state index < -0.39 is 10.8 Å². The third-order valence-corrected chi connectivity index (χ3v) is 3.11. The second kappa shape index (κ2) is 7.12. The SMILES string of the molecule is C[C@@H](/C=N\NC(=O)c1cccc([N+](=O)[O-])c1)c1ccccc1. The number of hydrogen-bond acceptors (Lipinski definition) is 4. The third-order valence-electron chi connectivity index (χ3n) is 3.11. The van der Waals surface area contributed by atoms with Crippen LogP contribution in [0.1, 0.15) is 28.8 Å². The van der Waals surface area contributed by atoms with Crippen molar-refractivity contribution < 1.29 is 9.72 Å². The maximum absolute atomic E-state index is 11.9. The predicted molar refractivity (Wildman–Crippen MR) is 83.9 cm³/mol. The van der Waals surface area contributed by atoms with Crippen molar-refractivity contribution in [2.75, 3.05) is 0 Å². The molecule has 6 nitrogen and oxygen atoms in total. The molecule has 6 heteroatoms. The monoisotopic (exact) mass is 297 g/mol. The van der Waals surface area contributed by atoms with Gasteiger partial charge in [0.15, 0.2) is 0 Å². The molecule has 1 amide bonds. The molecule has 0 saturated carbocycles. The molecule has 0 fully saturated rings. The number of nitro groups is 1. The summed E-state index contributed by atoms with van der Waals surface area (Å²) in [6, 6.07) is 15.2. The molecule has 0 aliphatic heterocycles. The van der Waals surface area contributed by atoms with Gasteiger partial charge in [0.25, 0.3) is 11.6 Å². The maximum atomic E-state index is 11.9. The molecule has 0 unspecified atom stereocenters. The highest BCUT2D eigenvalue weighted by atomic mass is 16.6.